The van der Waals surface area contributed by atoms with Crippen LogP contribution in [0.25, 0.3) is 0 Å². The first-order valence-corrected chi connectivity index (χ1v) is 10.8. The standard InChI is InChI=1S/C16H32N2O4S2/c1-17(2)9-5-11-21-15(19)7-13-23-24-14-8-16(20)22-12-6-10-18(3)4/h5-14H2,1-4H3. The van der Waals surface area contributed by atoms with Gasteiger partial charge in [0.25, 0.3) is 0 Å². The van der Waals surface area contributed by atoms with Gasteiger partial charge in [0, 0.05) is 24.6 Å². The highest BCUT2D eigenvalue weighted by Crippen LogP contribution is 2.23. The number of hydrogen-bond donors (Lipinski definition) is 0. The predicted octanol–water partition coefficient (Wildman–Crippen LogP) is 2.14. The topological polar surface area (TPSA) is 59.1 Å². The monoisotopic (exact) mass is 380 g/mol. The van der Waals surface area contributed by atoms with Gasteiger partial charge in [-0.3, -0.25) is 9.59 Å². The molecule has 0 amide bonds. The fourth-order valence-electron chi connectivity index (χ4n) is 1.65. The second kappa shape index (κ2) is 16.1. The third-order valence-corrected chi connectivity index (χ3v) is 5.30. The molecule has 0 rings (SSSR count). The lowest BCUT2D eigenvalue weighted by Gasteiger charge is -2.09. The van der Waals surface area contributed by atoms with Gasteiger partial charge >= 0.3 is 11.9 Å². The van der Waals surface area contributed by atoms with E-state index in [9.17, 15) is 9.59 Å². The normalized spacial score (nSPS) is 11.1. The van der Waals surface area contributed by atoms with Crippen LogP contribution in [0, 0.1) is 0 Å². The van der Waals surface area contributed by atoms with Crippen molar-refractivity contribution in [1.29, 1.82) is 0 Å². The van der Waals surface area contributed by atoms with Crippen molar-refractivity contribution in [2.24, 2.45) is 0 Å². The molecule has 24 heavy (non-hydrogen) atoms. The Morgan fingerprint density at radius 3 is 1.46 bits per heavy atom. The highest BCUT2D eigenvalue weighted by atomic mass is 33.1. The van der Waals surface area contributed by atoms with Crippen molar-refractivity contribution in [2.75, 3.05) is 66.0 Å². The van der Waals surface area contributed by atoms with Gasteiger partial charge in [-0.05, 0) is 41.0 Å². The summed E-state index contributed by atoms with van der Waals surface area (Å²) in [5, 5.41) is 0. The third-order valence-electron chi connectivity index (χ3n) is 2.89. The second-order valence-electron chi connectivity index (χ2n) is 5.90. The molecule has 0 aliphatic carbocycles. The number of esters is 2. The Morgan fingerprint density at radius 2 is 1.12 bits per heavy atom. The van der Waals surface area contributed by atoms with Crippen LogP contribution in [0.4, 0.5) is 0 Å². The Balaban J connectivity index is 3.34. The van der Waals surface area contributed by atoms with Gasteiger partial charge in [0.2, 0.25) is 0 Å². The summed E-state index contributed by atoms with van der Waals surface area (Å²) in [5.74, 6) is 1.11. The van der Waals surface area contributed by atoms with Crippen LogP contribution in [-0.2, 0) is 19.1 Å². The van der Waals surface area contributed by atoms with Crippen LogP contribution in [0.5, 0.6) is 0 Å². The largest absolute Gasteiger partial charge is 0.466 e. The van der Waals surface area contributed by atoms with E-state index >= 15 is 0 Å². The molecule has 0 radical (unpaired) electrons. The van der Waals surface area contributed by atoms with Crippen molar-refractivity contribution in [1.82, 2.24) is 9.80 Å². The predicted molar refractivity (Wildman–Crippen MR) is 102 cm³/mol. The molecule has 0 heterocycles. The zero-order chi connectivity index (χ0) is 18.2. The number of rotatable bonds is 15. The molecule has 0 aliphatic heterocycles. The minimum atomic E-state index is -0.151. The number of nitrogens with zero attached hydrogens (tertiary/aromatic N) is 2. The molecule has 8 heteroatoms. The summed E-state index contributed by atoms with van der Waals surface area (Å²) in [4.78, 5) is 27.1. The molecule has 0 aromatic rings. The maximum atomic E-state index is 11.5. The Hall–Kier alpha value is -0.440. The molecule has 0 spiro atoms. The zero-order valence-corrected chi connectivity index (χ0v) is 17.0. The van der Waals surface area contributed by atoms with Gasteiger partial charge in [-0.25, -0.2) is 0 Å². The molecule has 0 aliphatic rings. The molecule has 0 bridgehead atoms. The van der Waals surface area contributed by atoms with Gasteiger partial charge < -0.3 is 19.3 Å². The molecule has 0 saturated heterocycles. The number of hydrogen-bond acceptors (Lipinski definition) is 8. The summed E-state index contributed by atoms with van der Waals surface area (Å²) in [6.07, 6.45) is 2.54. The van der Waals surface area contributed by atoms with Gasteiger partial charge in [-0.15, -0.1) is 0 Å². The first-order chi connectivity index (χ1) is 11.4. The van der Waals surface area contributed by atoms with Gasteiger partial charge in [0.1, 0.15) is 0 Å². The summed E-state index contributed by atoms with van der Waals surface area (Å²) in [6.45, 7) is 2.80. The van der Waals surface area contributed by atoms with E-state index in [4.69, 9.17) is 9.47 Å². The fourth-order valence-corrected chi connectivity index (χ4v) is 3.59. The van der Waals surface area contributed by atoms with Crippen molar-refractivity contribution in [3.8, 4) is 0 Å². The summed E-state index contributed by atoms with van der Waals surface area (Å²) >= 11 is 0. The maximum absolute atomic E-state index is 11.5. The lowest BCUT2D eigenvalue weighted by molar-refractivity contribution is -0.144. The van der Waals surface area contributed by atoms with Crippen LogP contribution >= 0.6 is 21.6 Å². The number of carbonyl (C=O) groups excluding carboxylic acids is 2. The van der Waals surface area contributed by atoms with Crippen LogP contribution in [0.3, 0.4) is 0 Å². The molecule has 6 nitrogen and oxygen atoms in total. The highest BCUT2D eigenvalue weighted by Gasteiger charge is 2.05. The number of carbonyl (C=O) groups is 2. The van der Waals surface area contributed by atoms with E-state index in [1.54, 1.807) is 21.6 Å². The van der Waals surface area contributed by atoms with Gasteiger partial charge in [-0.1, -0.05) is 21.6 Å². The van der Waals surface area contributed by atoms with Gasteiger partial charge in [0.05, 0.1) is 26.1 Å². The Kier molecular flexibility index (Phi) is 15.8. The molecule has 0 atom stereocenters. The minimum Gasteiger partial charge on any atom is -0.466 e. The van der Waals surface area contributed by atoms with Crippen molar-refractivity contribution in [3.05, 3.63) is 0 Å². The molecular weight excluding hydrogens is 348 g/mol. The van der Waals surface area contributed by atoms with E-state index in [0.717, 1.165) is 25.9 Å². The van der Waals surface area contributed by atoms with E-state index in [1.165, 1.54) is 0 Å². The van der Waals surface area contributed by atoms with Crippen molar-refractivity contribution in [3.63, 3.8) is 0 Å². The van der Waals surface area contributed by atoms with Crippen molar-refractivity contribution >= 4 is 33.5 Å². The molecular formula is C16H32N2O4S2. The smallest absolute Gasteiger partial charge is 0.306 e. The molecule has 0 saturated carbocycles. The maximum Gasteiger partial charge on any atom is 0.306 e. The second-order valence-corrected chi connectivity index (χ2v) is 8.60. The van der Waals surface area contributed by atoms with Crippen LogP contribution in [0.1, 0.15) is 25.7 Å². The van der Waals surface area contributed by atoms with Crippen molar-refractivity contribution < 1.29 is 19.1 Å². The SMILES string of the molecule is CN(C)CCCOC(=O)CCSSCCC(=O)OCCCN(C)C. The first-order valence-electron chi connectivity index (χ1n) is 8.27. The fraction of sp³-hybridized carbons (Fsp3) is 0.875. The molecule has 142 valence electrons. The van der Waals surface area contributed by atoms with E-state index in [1.807, 2.05) is 28.2 Å². The molecule has 0 aromatic heterocycles. The van der Waals surface area contributed by atoms with Crippen molar-refractivity contribution in [2.45, 2.75) is 25.7 Å². The lowest BCUT2D eigenvalue weighted by Crippen LogP contribution is -2.16. The summed E-state index contributed by atoms with van der Waals surface area (Å²) in [6, 6.07) is 0. The Labute approximate surface area is 154 Å². The average molecular weight is 381 g/mol. The van der Waals surface area contributed by atoms with Gasteiger partial charge in [-0.2, -0.15) is 0 Å². The highest BCUT2D eigenvalue weighted by molar-refractivity contribution is 8.76. The first kappa shape index (κ1) is 23.6. The quantitative estimate of drug-likeness (QED) is 0.243. The van der Waals surface area contributed by atoms with E-state index in [0.29, 0.717) is 37.6 Å². The zero-order valence-electron chi connectivity index (χ0n) is 15.4. The van der Waals surface area contributed by atoms with E-state index in [-0.39, 0.29) is 11.9 Å². The molecule has 0 aromatic carbocycles. The molecule has 0 fully saturated rings. The average Bonchev–Trinajstić information content (AvgIpc) is 2.51. The van der Waals surface area contributed by atoms with E-state index < -0.39 is 0 Å². The van der Waals surface area contributed by atoms with Crippen LogP contribution in [0.15, 0.2) is 0 Å². The van der Waals surface area contributed by atoms with Crippen LogP contribution < -0.4 is 0 Å². The molecule has 0 N–H and O–H groups in total. The summed E-state index contributed by atoms with van der Waals surface area (Å²) in [5.41, 5.74) is 0. The Morgan fingerprint density at radius 1 is 0.750 bits per heavy atom. The number of ether oxygens (including phenoxy) is 2. The minimum absolute atomic E-state index is 0.151. The van der Waals surface area contributed by atoms with E-state index in [2.05, 4.69) is 9.80 Å². The lowest BCUT2D eigenvalue weighted by atomic mass is 10.4. The Bertz CT molecular complexity index is 310. The van der Waals surface area contributed by atoms with Gasteiger partial charge in [0.15, 0.2) is 0 Å². The summed E-state index contributed by atoms with van der Waals surface area (Å²) < 4.78 is 10.3. The third kappa shape index (κ3) is 17.9. The van der Waals surface area contributed by atoms with Crippen LogP contribution in [0.2, 0.25) is 0 Å². The summed E-state index contributed by atoms with van der Waals surface area (Å²) in [7, 11) is 11.2. The van der Waals surface area contributed by atoms with Crippen LogP contribution in [-0.4, -0.2) is 87.7 Å². The molecule has 0 unspecified atom stereocenters.